The first kappa shape index (κ1) is 15.7. The Labute approximate surface area is 143 Å². The molecular weight excluding hydrogens is 298 g/mol. The Bertz CT molecular complexity index is 765. The average molecular weight is 325 g/mol. The van der Waals surface area contributed by atoms with E-state index in [1.165, 1.54) is 19.3 Å². The minimum atomic E-state index is 0.0944. The van der Waals surface area contributed by atoms with Crippen LogP contribution in [0.5, 0.6) is 0 Å². The highest BCUT2D eigenvalue weighted by molar-refractivity contribution is 6.08. The maximum absolute atomic E-state index is 13.0. The van der Waals surface area contributed by atoms with Gasteiger partial charge in [-0.2, -0.15) is 0 Å². The van der Waals surface area contributed by atoms with Crippen LogP contribution in [0.25, 0.3) is 10.9 Å². The van der Waals surface area contributed by atoms with Gasteiger partial charge in [-0.05, 0) is 45.7 Å². The molecule has 2 aromatic rings. The lowest BCUT2D eigenvalue weighted by Crippen LogP contribution is -2.55. The number of piperidine rings is 2. The molecule has 4 nitrogen and oxygen atoms in total. The average Bonchev–Trinajstić information content (AvgIpc) is 2.80. The number of rotatable bonds is 2. The zero-order valence-electron chi connectivity index (χ0n) is 14.9. The zero-order chi connectivity index (χ0) is 16.8. The number of aryl methyl sites for hydroxylation is 1. The number of amides is 1. The molecule has 0 aliphatic carbocycles. The van der Waals surface area contributed by atoms with Gasteiger partial charge in [0.25, 0.3) is 5.91 Å². The number of para-hydroxylation sites is 1. The number of nitrogens with one attached hydrogen (secondary N) is 1. The number of carbonyl (C=O) groups excluding carboxylic acids is 1. The van der Waals surface area contributed by atoms with Crippen molar-refractivity contribution in [2.75, 3.05) is 7.05 Å². The summed E-state index contributed by atoms with van der Waals surface area (Å²) < 4.78 is 2.12. The summed E-state index contributed by atoms with van der Waals surface area (Å²) in [5.41, 5.74) is 3.01. The van der Waals surface area contributed by atoms with E-state index in [9.17, 15) is 4.79 Å². The van der Waals surface area contributed by atoms with Gasteiger partial charge >= 0.3 is 0 Å². The van der Waals surface area contributed by atoms with Gasteiger partial charge in [0.15, 0.2) is 0 Å². The van der Waals surface area contributed by atoms with Crippen LogP contribution in [-0.4, -0.2) is 40.5 Å². The van der Waals surface area contributed by atoms with Crippen molar-refractivity contribution in [3.05, 3.63) is 35.5 Å². The van der Waals surface area contributed by atoms with E-state index < -0.39 is 0 Å². The third-order valence-corrected chi connectivity index (χ3v) is 6.30. The Morgan fingerprint density at radius 1 is 1.12 bits per heavy atom. The van der Waals surface area contributed by atoms with Crippen molar-refractivity contribution in [2.45, 2.75) is 57.2 Å². The van der Waals surface area contributed by atoms with Crippen molar-refractivity contribution < 1.29 is 4.79 Å². The van der Waals surface area contributed by atoms with Gasteiger partial charge in [-0.3, -0.25) is 4.79 Å². The van der Waals surface area contributed by atoms with Crippen LogP contribution in [0.2, 0.25) is 0 Å². The van der Waals surface area contributed by atoms with Crippen LogP contribution >= 0.6 is 0 Å². The smallest absolute Gasteiger partial charge is 0.253 e. The SMILES string of the molecule is Cc1c(C(=O)NC2CC3CCCC(C2)N3C)c2ccccc2n1C. The molecule has 0 spiro atoms. The second-order valence-corrected chi connectivity index (χ2v) is 7.58. The minimum Gasteiger partial charge on any atom is -0.349 e. The molecule has 1 N–H and O–H groups in total. The number of hydrogen-bond donors (Lipinski definition) is 1. The van der Waals surface area contributed by atoms with Crippen LogP contribution in [0, 0.1) is 6.92 Å². The third-order valence-electron chi connectivity index (χ3n) is 6.30. The number of benzene rings is 1. The second-order valence-electron chi connectivity index (χ2n) is 7.58. The van der Waals surface area contributed by atoms with Gasteiger partial charge < -0.3 is 14.8 Å². The molecule has 24 heavy (non-hydrogen) atoms. The fraction of sp³-hybridized carbons (Fsp3) is 0.550. The van der Waals surface area contributed by atoms with Crippen molar-refractivity contribution in [1.82, 2.24) is 14.8 Å². The van der Waals surface area contributed by atoms with Crippen LogP contribution in [0.3, 0.4) is 0 Å². The van der Waals surface area contributed by atoms with Gasteiger partial charge in [0.1, 0.15) is 0 Å². The van der Waals surface area contributed by atoms with Crippen molar-refractivity contribution in [3.63, 3.8) is 0 Å². The molecule has 1 aromatic heterocycles. The molecule has 0 radical (unpaired) electrons. The summed E-state index contributed by atoms with van der Waals surface area (Å²) in [5.74, 6) is 0.0944. The molecule has 2 aliphatic heterocycles. The Kier molecular flexibility index (Phi) is 3.87. The summed E-state index contributed by atoms with van der Waals surface area (Å²) in [6.45, 7) is 2.04. The fourth-order valence-corrected chi connectivity index (χ4v) is 4.80. The van der Waals surface area contributed by atoms with Crippen LogP contribution in [0.1, 0.15) is 48.2 Å². The van der Waals surface area contributed by atoms with E-state index >= 15 is 0 Å². The quantitative estimate of drug-likeness (QED) is 0.920. The van der Waals surface area contributed by atoms with E-state index in [0.717, 1.165) is 35.0 Å². The zero-order valence-corrected chi connectivity index (χ0v) is 14.9. The van der Waals surface area contributed by atoms with E-state index in [4.69, 9.17) is 0 Å². The first-order valence-corrected chi connectivity index (χ1v) is 9.13. The molecule has 2 bridgehead atoms. The number of aromatic nitrogens is 1. The van der Waals surface area contributed by atoms with Crippen LogP contribution in [0.15, 0.2) is 24.3 Å². The van der Waals surface area contributed by atoms with Crippen molar-refractivity contribution >= 4 is 16.8 Å². The van der Waals surface area contributed by atoms with Crippen LogP contribution < -0.4 is 5.32 Å². The first-order valence-electron chi connectivity index (χ1n) is 9.13. The van der Waals surface area contributed by atoms with Gasteiger partial charge in [0, 0.05) is 41.8 Å². The molecule has 1 aromatic carbocycles. The molecular formula is C20H27N3O. The molecule has 4 heteroatoms. The molecule has 0 saturated carbocycles. The monoisotopic (exact) mass is 325 g/mol. The molecule has 2 fully saturated rings. The van der Waals surface area contributed by atoms with Crippen LogP contribution in [-0.2, 0) is 7.05 Å². The molecule has 128 valence electrons. The normalized spacial score (nSPS) is 27.4. The molecule has 2 atom stereocenters. The van der Waals surface area contributed by atoms with E-state index in [1.54, 1.807) is 0 Å². The highest BCUT2D eigenvalue weighted by Crippen LogP contribution is 2.33. The summed E-state index contributed by atoms with van der Waals surface area (Å²) in [6, 6.07) is 9.76. The Morgan fingerprint density at radius 3 is 2.50 bits per heavy atom. The maximum atomic E-state index is 13.0. The van der Waals surface area contributed by atoms with E-state index in [2.05, 4.69) is 34.0 Å². The summed E-state index contributed by atoms with van der Waals surface area (Å²) in [7, 11) is 4.29. The van der Waals surface area contributed by atoms with Gasteiger partial charge in [-0.1, -0.05) is 24.6 Å². The minimum absolute atomic E-state index is 0.0944. The van der Waals surface area contributed by atoms with Gasteiger partial charge in [0.2, 0.25) is 0 Å². The number of nitrogens with zero attached hydrogens (tertiary/aromatic N) is 2. The second kappa shape index (κ2) is 5.92. The number of fused-ring (bicyclic) bond motifs is 3. The highest BCUT2D eigenvalue weighted by atomic mass is 16.1. The Hall–Kier alpha value is -1.81. The standard InChI is InChI=1S/C20H27N3O/c1-13-19(17-9-4-5-10-18(17)22(13)2)20(24)21-14-11-15-7-6-8-16(12-14)23(15)3/h4-5,9-10,14-16H,6-8,11-12H2,1-3H3,(H,21,24). The van der Waals surface area contributed by atoms with E-state index in [0.29, 0.717) is 18.1 Å². The molecule has 2 aliphatic rings. The predicted molar refractivity (Wildman–Crippen MR) is 97.3 cm³/mol. The van der Waals surface area contributed by atoms with Crippen molar-refractivity contribution in [2.24, 2.45) is 7.05 Å². The summed E-state index contributed by atoms with van der Waals surface area (Å²) >= 11 is 0. The number of hydrogen-bond acceptors (Lipinski definition) is 2. The van der Waals surface area contributed by atoms with Gasteiger partial charge in [0.05, 0.1) is 5.56 Å². The van der Waals surface area contributed by atoms with Crippen LogP contribution in [0.4, 0.5) is 0 Å². The maximum Gasteiger partial charge on any atom is 0.253 e. The molecule has 1 amide bonds. The lowest BCUT2D eigenvalue weighted by molar-refractivity contribution is 0.0463. The first-order chi connectivity index (χ1) is 11.6. The largest absolute Gasteiger partial charge is 0.349 e. The lowest BCUT2D eigenvalue weighted by atomic mass is 9.82. The number of carbonyl (C=O) groups is 1. The van der Waals surface area contributed by atoms with Gasteiger partial charge in [-0.25, -0.2) is 0 Å². The fourth-order valence-electron chi connectivity index (χ4n) is 4.80. The van der Waals surface area contributed by atoms with Gasteiger partial charge in [-0.15, -0.1) is 0 Å². The van der Waals surface area contributed by atoms with Crippen molar-refractivity contribution in [3.8, 4) is 0 Å². The molecule has 3 heterocycles. The third kappa shape index (κ3) is 2.44. The molecule has 2 unspecified atom stereocenters. The lowest BCUT2D eigenvalue weighted by Gasteiger charge is -2.47. The Morgan fingerprint density at radius 2 is 1.79 bits per heavy atom. The Balaban J connectivity index is 1.58. The summed E-state index contributed by atoms with van der Waals surface area (Å²) in [4.78, 5) is 15.6. The molecule has 2 saturated heterocycles. The highest BCUT2D eigenvalue weighted by Gasteiger charge is 2.36. The summed E-state index contributed by atoms with van der Waals surface area (Å²) in [6.07, 6.45) is 6.05. The topological polar surface area (TPSA) is 37.3 Å². The predicted octanol–water partition coefficient (Wildman–Crippen LogP) is 3.23. The van der Waals surface area contributed by atoms with E-state index in [1.807, 2.05) is 26.1 Å². The van der Waals surface area contributed by atoms with E-state index in [-0.39, 0.29) is 5.91 Å². The summed E-state index contributed by atoms with van der Waals surface area (Å²) in [5, 5.41) is 4.41. The molecule has 4 rings (SSSR count). The van der Waals surface area contributed by atoms with Crippen molar-refractivity contribution in [1.29, 1.82) is 0 Å².